The van der Waals surface area contributed by atoms with E-state index in [1.807, 2.05) is 23.1 Å². The number of aryl methyl sites for hydroxylation is 1. The second-order valence-corrected chi connectivity index (χ2v) is 5.67. The van der Waals surface area contributed by atoms with E-state index in [0.717, 1.165) is 45.0 Å². The summed E-state index contributed by atoms with van der Waals surface area (Å²) in [6, 6.07) is 1.95. The van der Waals surface area contributed by atoms with Gasteiger partial charge in [-0.25, -0.2) is 0 Å². The van der Waals surface area contributed by atoms with Crippen LogP contribution in [0.15, 0.2) is 35.1 Å². The maximum Gasteiger partial charge on any atom is 0.191 e. The van der Waals surface area contributed by atoms with Gasteiger partial charge in [0.05, 0.1) is 0 Å². The molecule has 1 heterocycles. The van der Waals surface area contributed by atoms with Gasteiger partial charge in [-0.3, -0.25) is 9.67 Å². The molecule has 0 aliphatic heterocycles. The summed E-state index contributed by atoms with van der Waals surface area (Å²) in [7, 11) is 0. The molecule has 0 amide bonds. The first-order valence-electron chi connectivity index (χ1n) is 8.56. The fourth-order valence-electron chi connectivity index (χ4n) is 2.67. The number of halogens is 1. The first kappa shape index (κ1) is 20.0. The molecule has 2 rings (SSSR count). The molecule has 5 nitrogen and oxygen atoms in total. The van der Waals surface area contributed by atoms with Crippen LogP contribution >= 0.6 is 24.0 Å². The maximum absolute atomic E-state index is 4.63. The summed E-state index contributed by atoms with van der Waals surface area (Å²) in [5.41, 5.74) is 1.60. The molecule has 1 aromatic heterocycles. The highest BCUT2D eigenvalue weighted by atomic mass is 127. The molecule has 6 heteroatoms. The lowest BCUT2D eigenvalue weighted by molar-refractivity contribution is 0.583. The van der Waals surface area contributed by atoms with E-state index in [2.05, 4.69) is 33.7 Å². The molecule has 0 spiro atoms. The van der Waals surface area contributed by atoms with Gasteiger partial charge in [-0.2, -0.15) is 5.10 Å². The van der Waals surface area contributed by atoms with E-state index in [9.17, 15) is 0 Å². The van der Waals surface area contributed by atoms with Crippen LogP contribution in [-0.4, -0.2) is 35.4 Å². The fraction of sp³-hybridized carbons (Fsp3) is 0.647. The van der Waals surface area contributed by atoms with E-state index in [0.29, 0.717) is 0 Å². The van der Waals surface area contributed by atoms with E-state index < -0.39 is 0 Å². The van der Waals surface area contributed by atoms with Crippen molar-refractivity contribution in [2.24, 2.45) is 4.99 Å². The second-order valence-electron chi connectivity index (χ2n) is 5.67. The molecule has 1 aliphatic carbocycles. The van der Waals surface area contributed by atoms with Crippen LogP contribution in [0.1, 0.15) is 45.4 Å². The van der Waals surface area contributed by atoms with Crippen molar-refractivity contribution in [2.45, 2.75) is 52.0 Å². The molecular weight excluding hydrogens is 401 g/mol. The Morgan fingerprint density at radius 3 is 2.96 bits per heavy atom. The van der Waals surface area contributed by atoms with Crippen molar-refractivity contribution in [2.75, 3.05) is 19.6 Å². The van der Waals surface area contributed by atoms with Gasteiger partial charge in [0, 0.05) is 38.6 Å². The summed E-state index contributed by atoms with van der Waals surface area (Å²) in [4.78, 5) is 4.63. The molecule has 0 unspecified atom stereocenters. The van der Waals surface area contributed by atoms with Crippen molar-refractivity contribution >= 4 is 29.9 Å². The van der Waals surface area contributed by atoms with Crippen molar-refractivity contribution < 1.29 is 0 Å². The summed E-state index contributed by atoms with van der Waals surface area (Å²) in [6.45, 7) is 5.70. The van der Waals surface area contributed by atoms with Crippen molar-refractivity contribution in [1.82, 2.24) is 20.4 Å². The second kappa shape index (κ2) is 12.4. The zero-order valence-corrected chi connectivity index (χ0v) is 16.5. The molecule has 0 saturated heterocycles. The molecule has 0 fully saturated rings. The molecule has 130 valence electrons. The number of nitrogens with zero attached hydrogens (tertiary/aromatic N) is 3. The van der Waals surface area contributed by atoms with Crippen LogP contribution < -0.4 is 10.6 Å². The minimum Gasteiger partial charge on any atom is -0.357 e. The van der Waals surface area contributed by atoms with E-state index in [-0.39, 0.29) is 24.0 Å². The zero-order valence-electron chi connectivity index (χ0n) is 14.1. The third-order valence-corrected chi connectivity index (χ3v) is 3.84. The molecule has 2 N–H and O–H groups in total. The Kier molecular flexibility index (Phi) is 10.8. The van der Waals surface area contributed by atoms with Crippen LogP contribution in [0.4, 0.5) is 0 Å². The molecule has 0 saturated carbocycles. The molecule has 1 aromatic rings. The minimum atomic E-state index is 0. The monoisotopic (exact) mass is 431 g/mol. The Balaban J connectivity index is 0.00000264. The molecule has 0 aromatic carbocycles. The van der Waals surface area contributed by atoms with Gasteiger partial charge in [-0.05, 0) is 51.5 Å². The van der Waals surface area contributed by atoms with Crippen molar-refractivity contribution in [3.8, 4) is 0 Å². The molecule has 0 radical (unpaired) electrons. The Morgan fingerprint density at radius 2 is 2.26 bits per heavy atom. The number of guanidine groups is 1. The Hall–Kier alpha value is -1.05. The van der Waals surface area contributed by atoms with E-state index >= 15 is 0 Å². The lowest BCUT2D eigenvalue weighted by atomic mass is 9.97. The smallest absolute Gasteiger partial charge is 0.191 e. The quantitative estimate of drug-likeness (QED) is 0.218. The summed E-state index contributed by atoms with van der Waals surface area (Å²) in [5, 5.41) is 10.9. The highest BCUT2D eigenvalue weighted by Gasteiger charge is 2.04. The first-order valence-corrected chi connectivity index (χ1v) is 8.56. The summed E-state index contributed by atoms with van der Waals surface area (Å²) >= 11 is 0. The molecule has 0 bridgehead atoms. The van der Waals surface area contributed by atoms with Gasteiger partial charge < -0.3 is 10.6 Å². The topological polar surface area (TPSA) is 54.2 Å². The highest BCUT2D eigenvalue weighted by molar-refractivity contribution is 14.0. The first-order chi connectivity index (χ1) is 10.9. The van der Waals surface area contributed by atoms with Crippen LogP contribution in [0.5, 0.6) is 0 Å². The fourth-order valence-corrected chi connectivity index (χ4v) is 2.67. The van der Waals surface area contributed by atoms with Crippen molar-refractivity contribution in [1.29, 1.82) is 0 Å². The van der Waals surface area contributed by atoms with Gasteiger partial charge in [-0.15, -0.1) is 24.0 Å². The average molecular weight is 431 g/mol. The minimum absolute atomic E-state index is 0. The van der Waals surface area contributed by atoms with Crippen molar-refractivity contribution in [3.63, 3.8) is 0 Å². The van der Waals surface area contributed by atoms with Gasteiger partial charge >= 0.3 is 0 Å². The lowest BCUT2D eigenvalue weighted by Crippen LogP contribution is -2.38. The number of nitrogens with one attached hydrogen (secondary N) is 2. The van der Waals surface area contributed by atoms with Gasteiger partial charge in [0.2, 0.25) is 0 Å². The largest absolute Gasteiger partial charge is 0.357 e. The predicted octanol–water partition coefficient (Wildman–Crippen LogP) is 3.34. The average Bonchev–Trinajstić information content (AvgIpc) is 3.06. The van der Waals surface area contributed by atoms with Crippen LogP contribution in [0.25, 0.3) is 0 Å². The van der Waals surface area contributed by atoms with Crippen LogP contribution in [0, 0.1) is 0 Å². The third kappa shape index (κ3) is 8.39. The zero-order chi connectivity index (χ0) is 15.5. The third-order valence-electron chi connectivity index (χ3n) is 3.84. The van der Waals surface area contributed by atoms with Gasteiger partial charge in [0.15, 0.2) is 5.96 Å². The Labute approximate surface area is 157 Å². The van der Waals surface area contributed by atoms with Crippen molar-refractivity contribution in [3.05, 3.63) is 30.1 Å². The number of hydrogen-bond acceptors (Lipinski definition) is 2. The van der Waals surface area contributed by atoms with E-state index in [4.69, 9.17) is 0 Å². The Bertz CT molecular complexity index is 467. The number of allylic oxidation sites excluding steroid dienone is 1. The Morgan fingerprint density at radius 1 is 1.35 bits per heavy atom. The van der Waals surface area contributed by atoms with Crippen LogP contribution in [0.3, 0.4) is 0 Å². The molecule has 0 atom stereocenters. The molecular formula is C17H30IN5. The summed E-state index contributed by atoms with van der Waals surface area (Å²) < 4.78 is 1.95. The summed E-state index contributed by atoms with van der Waals surface area (Å²) in [5.74, 6) is 0.930. The van der Waals surface area contributed by atoms with Gasteiger partial charge in [0.25, 0.3) is 0 Å². The van der Waals surface area contributed by atoms with Gasteiger partial charge in [0.1, 0.15) is 0 Å². The van der Waals surface area contributed by atoms with E-state index in [1.54, 1.807) is 5.57 Å². The van der Waals surface area contributed by atoms with Crippen LogP contribution in [-0.2, 0) is 6.54 Å². The lowest BCUT2D eigenvalue weighted by Gasteiger charge is -2.15. The highest BCUT2D eigenvalue weighted by Crippen LogP contribution is 2.19. The van der Waals surface area contributed by atoms with E-state index in [1.165, 1.54) is 25.7 Å². The molecule has 1 aliphatic rings. The number of aromatic nitrogens is 2. The number of hydrogen-bond donors (Lipinski definition) is 2. The normalized spacial score (nSPS) is 14.8. The van der Waals surface area contributed by atoms with Crippen LogP contribution in [0.2, 0.25) is 0 Å². The number of rotatable bonds is 8. The predicted molar refractivity (Wildman–Crippen MR) is 107 cm³/mol. The maximum atomic E-state index is 4.63. The summed E-state index contributed by atoms with van der Waals surface area (Å²) in [6.07, 6.45) is 13.6. The SMILES string of the molecule is CCNC(=NCCCn1cccn1)NCCC1=CCCCC1.I. The standard InChI is InChI=1S/C17H29N5.HI/c1-2-18-17(19-11-6-14-22-15-7-12-21-22)20-13-10-16-8-4-3-5-9-16;/h7-8,12,15H,2-6,9-11,13-14H2,1H3,(H2,18,19,20);1H. The van der Waals surface area contributed by atoms with Gasteiger partial charge in [-0.1, -0.05) is 11.6 Å². The number of aliphatic imine (C=N–C) groups is 1. The molecule has 23 heavy (non-hydrogen) atoms.